The van der Waals surface area contributed by atoms with Crippen molar-refractivity contribution in [2.45, 2.75) is 19.3 Å². The summed E-state index contributed by atoms with van der Waals surface area (Å²) in [6, 6.07) is 2.75. The first kappa shape index (κ1) is 18.0. The second-order valence-electron chi connectivity index (χ2n) is 5.74. The number of piperazine rings is 1. The van der Waals surface area contributed by atoms with Crippen LogP contribution in [0.5, 0.6) is 0 Å². The molecule has 0 spiro atoms. The smallest absolute Gasteiger partial charge is 0.377 e. The second kappa shape index (κ2) is 7.63. The topological polar surface area (TPSA) is 54.4 Å². The van der Waals surface area contributed by atoms with Gasteiger partial charge in [0.2, 0.25) is 5.13 Å². The first-order valence-electron chi connectivity index (χ1n) is 7.76. The fourth-order valence-electron chi connectivity index (χ4n) is 2.64. The van der Waals surface area contributed by atoms with Crippen molar-refractivity contribution in [3.8, 4) is 0 Å². The van der Waals surface area contributed by atoms with Crippen LogP contribution in [0.15, 0.2) is 18.3 Å². The van der Waals surface area contributed by atoms with Crippen LogP contribution >= 0.6 is 11.5 Å². The lowest BCUT2D eigenvalue weighted by atomic mass is 10.2. The van der Waals surface area contributed by atoms with Crippen LogP contribution in [-0.2, 0) is 24.1 Å². The summed E-state index contributed by atoms with van der Waals surface area (Å²) >= 11 is 1.34. The van der Waals surface area contributed by atoms with E-state index in [1.165, 1.54) is 17.7 Å². The van der Waals surface area contributed by atoms with Crippen molar-refractivity contribution in [2.24, 2.45) is 0 Å². The lowest BCUT2D eigenvalue weighted by Gasteiger charge is -2.34. The van der Waals surface area contributed by atoms with Gasteiger partial charge in [-0.05, 0) is 17.7 Å². The number of halogens is 3. The Bertz CT molecular complexity index is 700. The average Bonchev–Trinajstić information content (AvgIpc) is 3.04. The molecule has 1 aliphatic rings. The number of aromatic nitrogens is 3. The van der Waals surface area contributed by atoms with E-state index in [0.29, 0.717) is 24.5 Å². The number of anilines is 1. The molecule has 1 aliphatic heterocycles. The SMILES string of the molecule is COCc1nsc(N2CCN(Cc3ccnc(C(F)(F)F)c3)CC2)n1. The highest BCUT2D eigenvalue weighted by Crippen LogP contribution is 2.28. The van der Waals surface area contributed by atoms with Crippen LogP contribution in [0, 0.1) is 0 Å². The normalized spacial score (nSPS) is 16.4. The number of alkyl halides is 3. The van der Waals surface area contributed by atoms with Gasteiger partial charge in [-0.25, -0.2) is 4.98 Å². The summed E-state index contributed by atoms with van der Waals surface area (Å²) in [6.45, 7) is 3.90. The quantitative estimate of drug-likeness (QED) is 0.802. The van der Waals surface area contributed by atoms with Gasteiger partial charge < -0.3 is 9.64 Å². The minimum Gasteiger partial charge on any atom is -0.377 e. The second-order valence-corrected chi connectivity index (χ2v) is 6.47. The molecule has 136 valence electrons. The zero-order valence-electron chi connectivity index (χ0n) is 13.7. The van der Waals surface area contributed by atoms with Crippen molar-refractivity contribution in [3.05, 3.63) is 35.4 Å². The molecule has 3 rings (SSSR count). The van der Waals surface area contributed by atoms with Gasteiger partial charge in [0.25, 0.3) is 0 Å². The predicted molar refractivity (Wildman–Crippen MR) is 87.4 cm³/mol. The zero-order valence-corrected chi connectivity index (χ0v) is 14.5. The van der Waals surface area contributed by atoms with Gasteiger partial charge in [-0.15, -0.1) is 0 Å². The highest BCUT2D eigenvalue weighted by Gasteiger charge is 2.32. The monoisotopic (exact) mass is 373 g/mol. The number of rotatable bonds is 5. The van der Waals surface area contributed by atoms with Crippen LogP contribution < -0.4 is 4.90 Å². The maximum atomic E-state index is 12.7. The Morgan fingerprint density at radius 1 is 1.24 bits per heavy atom. The number of hydrogen-bond acceptors (Lipinski definition) is 7. The zero-order chi connectivity index (χ0) is 17.9. The molecule has 0 unspecified atom stereocenters. The summed E-state index contributed by atoms with van der Waals surface area (Å²) in [4.78, 5) is 12.1. The maximum Gasteiger partial charge on any atom is 0.433 e. The van der Waals surface area contributed by atoms with Gasteiger partial charge in [0.1, 0.15) is 12.3 Å². The van der Waals surface area contributed by atoms with E-state index in [4.69, 9.17) is 4.74 Å². The first-order chi connectivity index (χ1) is 12.0. The molecule has 25 heavy (non-hydrogen) atoms. The van der Waals surface area contributed by atoms with Crippen molar-refractivity contribution in [2.75, 3.05) is 38.2 Å². The highest BCUT2D eigenvalue weighted by atomic mass is 32.1. The summed E-state index contributed by atoms with van der Waals surface area (Å²) in [5, 5.41) is 0.856. The van der Waals surface area contributed by atoms with Crippen molar-refractivity contribution in [1.29, 1.82) is 0 Å². The molecule has 3 heterocycles. The molecule has 1 fully saturated rings. The number of hydrogen-bond donors (Lipinski definition) is 0. The van der Waals surface area contributed by atoms with E-state index in [-0.39, 0.29) is 0 Å². The van der Waals surface area contributed by atoms with Crippen molar-refractivity contribution < 1.29 is 17.9 Å². The molecule has 0 radical (unpaired) electrons. The van der Waals surface area contributed by atoms with Gasteiger partial charge >= 0.3 is 6.18 Å². The molecule has 10 heteroatoms. The summed E-state index contributed by atoms with van der Waals surface area (Å²) in [5.74, 6) is 0.668. The molecule has 0 N–H and O–H groups in total. The van der Waals surface area contributed by atoms with Gasteiger partial charge in [-0.2, -0.15) is 17.5 Å². The third kappa shape index (κ3) is 4.65. The highest BCUT2D eigenvalue weighted by molar-refractivity contribution is 7.09. The molecule has 0 aromatic carbocycles. The van der Waals surface area contributed by atoms with Gasteiger partial charge in [0, 0.05) is 57.6 Å². The van der Waals surface area contributed by atoms with Crippen molar-refractivity contribution in [1.82, 2.24) is 19.2 Å². The van der Waals surface area contributed by atoms with Gasteiger partial charge in [0.05, 0.1) is 0 Å². The van der Waals surface area contributed by atoms with E-state index in [1.54, 1.807) is 13.2 Å². The van der Waals surface area contributed by atoms with Gasteiger partial charge in [0.15, 0.2) is 5.82 Å². The van der Waals surface area contributed by atoms with E-state index in [2.05, 4.69) is 24.1 Å². The maximum absolute atomic E-state index is 12.7. The molecule has 0 aliphatic carbocycles. The van der Waals surface area contributed by atoms with Crippen molar-refractivity contribution >= 4 is 16.7 Å². The van der Waals surface area contributed by atoms with E-state index in [1.807, 2.05) is 0 Å². The molecule has 2 aromatic heterocycles. The lowest BCUT2D eigenvalue weighted by Crippen LogP contribution is -2.46. The number of methoxy groups -OCH3 is 1. The Morgan fingerprint density at radius 2 is 2.00 bits per heavy atom. The Kier molecular flexibility index (Phi) is 5.50. The summed E-state index contributed by atoms with van der Waals surface area (Å²) in [5.41, 5.74) is -0.225. The van der Waals surface area contributed by atoms with E-state index >= 15 is 0 Å². The summed E-state index contributed by atoms with van der Waals surface area (Å²) in [6.07, 6.45) is -3.20. The Morgan fingerprint density at radius 3 is 2.68 bits per heavy atom. The van der Waals surface area contributed by atoms with E-state index in [9.17, 15) is 13.2 Å². The fourth-order valence-corrected chi connectivity index (χ4v) is 3.37. The third-order valence-corrected chi connectivity index (χ3v) is 4.71. The molecule has 0 amide bonds. The van der Waals surface area contributed by atoms with Crippen LogP contribution in [0.2, 0.25) is 0 Å². The van der Waals surface area contributed by atoms with Crippen LogP contribution in [0.25, 0.3) is 0 Å². The fraction of sp³-hybridized carbons (Fsp3) is 0.533. The van der Waals surface area contributed by atoms with Crippen LogP contribution in [0.4, 0.5) is 18.3 Å². The Hall–Kier alpha value is -1.78. The van der Waals surface area contributed by atoms with Crippen LogP contribution in [0.3, 0.4) is 0 Å². The van der Waals surface area contributed by atoms with Gasteiger partial charge in [-0.1, -0.05) is 0 Å². The largest absolute Gasteiger partial charge is 0.433 e. The van der Waals surface area contributed by atoms with Gasteiger partial charge in [-0.3, -0.25) is 9.88 Å². The minimum absolute atomic E-state index is 0.389. The number of ether oxygens (including phenoxy) is 1. The van der Waals surface area contributed by atoms with Crippen LogP contribution in [-0.4, -0.2) is 52.5 Å². The van der Waals surface area contributed by atoms with Crippen LogP contribution in [0.1, 0.15) is 17.1 Å². The number of pyridine rings is 1. The molecular formula is C15H18F3N5OS. The number of nitrogens with zero attached hydrogens (tertiary/aromatic N) is 5. The molecule has 0 saturated carbocycles. The molecule has 1 saturated heterocycles. The molecule has 6 nitrogen and oxygen atoms in total. The molecule has 2 aromatic rings. The average molecular weight is 373 g/mol. The molecule has 0 atom stereocenters. The van der Waals surface area contributed by atoms with E-state index < -0.39 is 11.9 Å². The first-order valence-corrected chi connectivity index (χ1v) is 8.54. The Balaban J connectivity index is 1.55. The standard InChI is InChI=1S/C15H18F3N5OS/c1-24-10-13-20-14(25-21-13)23-6-4-22(5-7-23)9-11-2-3-19-12(8-11)15(16,17)18/h2-3,8H,4-7,9-10H2,1H3. The molecular weight excluding hydrogens is 355 g/mol. The van der Waals surface area contributed by atoms with Crippen molar-refractivity contribution in [3.63, 3.8) is 0 Å². The lowest BCUT2D eigenvalue weighted by molar-refractivity contribution is -0.141. The molecule has 0 bridgehead atoms. The predicted octanol–water partition coefficient (Wildman–Crippen LogP) is 2.42. The van der Waals surface area contributed by atoms with E-state index in [0.717, 1.165) is 37.4 Å². The summed E-state index contributed by atoms with van der Waals surface area (Å²) < 4.78 is 47.5. The third-order valence-electron chi connectivity index (χ3n) is 3.89. The summed E-state index contributed by atoms with van der Waals surface area (Å²) in [7, 11) is 1.60. The Labute approximate surface area is 147 Å². The minimum atomic E-state index is -4.41.